The number of nitrogens with zero attached hydrogens (tertiary/aromatic N) is 2. The van der Waals surface area contributed by atoms with Crippen molar-refractivity contribution in [1.82, 2.24) is 15.5 Å². The molecule has 1 saturated carbocycles. The van der Waals surface area contributed by atoms with Gasteiger partial charge in [0.25, 0.3) is 0 Å². The fourth-order valence-electron chi connectivity index (χ4n) is 3.24. The minimum Gasteiger partial charge on any atom is -0.338 e. The van der Waals surface area contributed by atoms with Crippen LogP contribution < -0.4 is 5.32 Å². The smallest absolute Gasteiger partial charge is 0.243 e. The van der Waals surface area contributed by atoms with Crippen molar-refractivity contribution in [1.29, 1.82) is 0 Å². The summed E-state index contributed by atoms with van der Waals surface area (Å²) in [5, 5.41) is 7.73. The van der Waals surface area contributed by atoms with Gasteiger partial charge in [0, 0.05) is 5.92 Å². The highest BCUT2D eigenvalue weighted by molar-refractivity contribution is 5.01. The van der Waals surface area contributed by atoms with Crippen LogP contribution in [0.5, 0.6) is 0 Å². The second-order valence-corrected chi connectivity index (χ2v) is 5.96. The highest BCUT2D eigenvalue weighted by Crippen LogP contribution is 2.37. The Kier molecular flexibility index (Phi) is 3.64. The molecule has 0 bridgehead atoms. The van der Waals surface area contributed by atoms with Crippen LogP contribution in [0.25, 0.3) is 0 Å². The van der Waals surface area contributed by atoms with Crippen molar-refractivity contribution in [2.75, 3.05) is 6.54 Å². The van der Waals surface area contributed by atoms with E-state index in [9.17, 15) is 0 Å². The average molecular weight is 249 g/mol. The van der Waals surface area contributed by atoms with Crippen molar-refractivity contribution >= 4 is 0 Å². The Hall–Kier alpha value is -0.900. The van der Waals surface area contributed by atoms with Crippen molar-refractivity contribution in [3.05, 3.63) is 11.7 Å². The first-order valence-electron chi connectivity index (χ1n) is 7.40. The Bertz CT molecular complexity index is 382. The molecule has 100 valence electrons. The Labute approximate surface area is 109 Å². The molecule has 0 spiro atoms. The van der Waals surface area contributed by atoms with Gasteiger partial charge in [-0.25, -0.2) is 0 Å². The molecule has 1 aromatic heterocycles. The molecular weight excluding hydrogens is 226 g/mol. The van der Waals surface area contributed by atoms with Crippen LogP contribution in [-0.4, -0.2) is 16.7 Å². The first-order valence-corrected chi connectivity index (χ1v) is 7.40. The van der Waals surface area contributed by atoms with Crippen LogP contribution in [-0.2, 0) is 0 Å². The van der Waals surface area contributed by atoms with Gasteiger partial charge in [-0.1, -0.05) is 24.9 Å². The van der Waals surface area contributed by atoms with Gasteiger partial charge >= 0.3 is 0 Å². The third-order valence-corrected chi connectivity index (χ3v) is 4.38. The SMILES string of the molecule is CC1CCC(c2noc(C3CCCCCN3)n2)C1. The van der Waals surface area contributed by atoms with Crippen molar-refractivity contribution in [2.45, 2.75) is 63.8 Å². The molecule has 4 heteroatoms. The fraction of sp³-hybridized carbons (Fsp3) is 0.857. The molecule has 1 saturated heterocycles. The van der Waals surface area contributed by atoms with Gasteiger partial charge in [0.1, 0.15) is 0 Å². The van der Waals surface area contributed by atoms with Gasteiger partial charge in [0.05, 0.1) is 6.04 Å². The highest BCUT2D eigenvalue weighted by atomic mass is 16.5. The Morgan fingerprint density at radius 1 is 1.17 bits per heavy atom. The molecule has 1 aliphatic heterocycles. The number of nitrogens with one attached hydrogen (secondary N) is 1. The van der Waals surface area contributed by atoms with E-state index < -0.39 is 0 Å². The Morgan fingerprint density at radius 3 is 2.94 bits per heavy atom. The molecule has 0 amide bonds. The molecule has 4 nitrogen and oxygen atoms in total. The monoisotopic (exact) mass is 249 g/mol. The average Bonchev–Trinajstić information content (AvgIpc) is 2.92. The Balaban J connectivity index is 1.68. The van der Waals surface area contributed by atoms with Gasteiger partial charge in [0.2, 0.25) is 5.89 Å². The summed E-state index contributed by atoms with van der Waals surface area (Å²) >= 11 is 0. The fourth-order valence-corrected chi connectivity index (χ4v) is 3.24. The Morgan fingerprint density at radius 2 is 2.11 bits per heavy atom. The molecule has 1 aromatic rings. The molecule has 0 radical (unpaired) electrons. The summed E-state index contributed by atoms with van der Waals surface area (Å²) in [5.41, 5.74) is 0. The van der Waals surface area contributed by atoms with Crippen LogP contribution in [0.1, 0.15) is 75.5 Å². The van der Waals surface area contributed by atoms with Gasteiger partial charge < -0.3 is 9.84 Å². The van der Waals surface area contributed by atoms with Gasteiger partial charge in [-0.05, 0) is 44.6 Å². The number of aromatic nitrogens is 2. The zero-order valence-electron chi connectivity index (χ0n) is 11.2. The summed E-state index contributed by atoms with van der Waals surface area (Å²) in [6.45, 7) is 3.39. The predicted molar refractivity (Wildman–Crippen MR) is 69.3 cm³/mol. The van der Waals surface area contributed by atoms with Crippen LogP contribution >= 0.6 is 0 Å². The quantitative estimate of drug-likeness (QED) is 0.874. The zero-order valence-corrected chi connectivity index (χ0v) is 11.2. The van der Waals surface area contributed by atoms with Crippen LogP contribution in [0.4, 0.5) is 0 Å². The van der Waals surface area contributed by atoms with Crippen LogP contribution in [0.2, 0.25) is 0 Å². The minimum atomic E-state index is 0.285. The maximum absolute atomic E-state index is 5.48. The maximum Gasteiger partial charge on any atom is 0.243 e. The lowest BCUT2D eigenvalue weighted by Crippen LogP contribution is -2.20. The lowest BCUT2D eigenvalue weighted by Gasteiger charge is -2.09. The van der Waals surface area contributed by atoms with Gasteiger partial charge in [0.15, 0.2) is 5.82 Å². The van der Waals surface area contributed by atoms with E-state index in [0.29, 0.717) is 5.92 Å². The summed E-state index contributed by atoms with van der Waals surface area (Å²) in [6, 6.07) is 0.285. The normalized spacial score (nSPS) is 33.5. The van der Waals surface area contributed by atoms with E-state index in [2.05, 4.69) is 22.4 Å². The van der Waals surface area contributed by atoms with E-state index in [-0.39, 0.29) is 6.04 Å². The summed E-state index contributed by atoms with van der Waals surface area (Å²) in [5.74, 6) is 3.10. The van der Waals surface area contributed by atoms with Crippen LogP contribution in [0.15, 0.2) is 4.52 Å². The first-order chi connectivity index (χ1) is 8.83. The molecule has 3 atom stereocenters. The van der Waals surface area contributed by atoms with Gasteiger partial charge in [-0.15, -0.1) is 0 Å². The maximum atomic E-state index is 5.48. The van der Waals surface area contributed by atoms with Crippen LogP contribution in [0, 0.1) is 5.92 Å². The first kappa shape index (κ1) is 12.2. The van der Waals surface area contributed by atoms with E-state index in [0.717, 1.165) is 30.6 Å². The number of rotatable bonds is 2. The van der Waals surface area contributed by atoms with Crippen molar-refractivity contribution in [3.63, 3.8) is 0 Å². The summed E-state index contributed by atoms with van der Waals surface area (Å²) in [7, 11) is 0. The van der Waals surface area contributed by atoms with Crippen molar-refractivity contribution in [3.8, 4) is 0 Å². The number of hydrogen-bond donors (Lipinski definition) is 1. The van der Waals surface area contributed by atoms with Crippen molar-refractivity contribution < 1.29 is 4.52 Å². The zero-order chi connectivity index (χ0) is 12.4. The third-order valence-electron chi connectivity index (χ3n) is 4.38. The number of hydrogen-bond acceptors (Lipinski definition) is 4. The molecule has 0 aromatic carbocycles. The summed E-state index contributed by atoms with van der Waals surface area (Å²) in [4.78, 5) is 4.65. The molecule has 2 aliphatic rings. The molecule has 3 unspecified atom stereocenters. The van der Waals surface area contributed by atoms with E-state index in [1.165, 1.54) is 38.5 Å². The lowest BCUT2D eigenvalue weighted by molar-refractivity contribution is 0.323. The molecule has 3 rings (SSSR count). The molecule has 2 fully saturated rings. The standard InChI is InChI=1S/C14H23N3O/c1-10-6-7-11(9-10)13-16-14(18-17-13)12-5-3-2-4-8-15-12/h10-12,15H,2-9H2,1H3. The van der Waals surface area contributed by atoms with Crippen molar-refractivity contribution in [2.24, 2.45) is 5.92 Å². The summed E-state index contributed by atoms with van der Waals surface area (Å²) in [6.07, 6.45) is 8.70. The highest BCUT2D eigenvalue weighted by Gasteiger charge is 2.28. The molecule has 1 aliphatic carbocycles. The largest absolute Gasteiger partial charge is 0.338 e. The molecule has 18 heavy (non-hydrogen) atoms. The van der Waals surface area contributed by atoms with E-state index in [1.54, 1.807) is 0 Å². The second-order valence-electron chi connectivity index (χ2n) is 5.96. The van der Waals surface area contributed by atoms with Gasteiger partial charge in [-0.2, -0.15) is 4.98 Å². The summed E-state index contributed by atoms with van der Waals surface area (Å²) < 4.78 is 5.48. The van der Waals surface area contributed by atoms with Crippen LogP contribution in [0.3, 0.4) is 0 Å². The minimum absolute atomic E-state index is 0.285. The van der Waals surface area contributed by atoms with E-state index >= 15 is 0 Å². The molecular formula is C14H23N3O. The second kappa shape index (κ2) is 5.39. The predicted octanol–water partition coefficient (Wildman–Crippen LogP) is 3.18. The third kappa shape index (κ3) is 2.58. The lowest BCUT2D eigenvalue weighted by atomic mass is 10.1. The topological polar surface area (TPSA) is 51.0 Å². The molecule has 2 heterocycles. The molecule has 1 N–H and O–H groups in total. The van der Waals surface area contributed by atoms with Gasteiger partial charge in [-0.3, -0.25) is 0 Å². The van der Waals surface area contributed by atoms with E-state index in [4.69, 9.17) is 4.52 Å². The van der Waals surface area contributed by atoms with E-state index in [1.807, 2.05) is 0 Å².